The van der Waals surface area contributed by atoms with E-state index < -0.39 is 0 Å². The molecule has 176 valence electrons. The predicted molar refractivity (Wildman–Crippen MR) is 138 cm³/mol. The molecular weight excluding hydrogens is 464 g/mol. The second-order valence-electron chi connectivity index (χ2n) is 9.39. The van der Waals surface area contributed by atoms with Crippen LogP contribution in [0.5, 0.6) is 0 Å². The van der Waals surface area contributed by atoms with Gasteiger partial charge in [0.25, 0.3) is 0 Å². The number of hydrogen-bond donors (Lipinski definition) is 0. The molecule has 0 spiro atoms. The fourth-order valence-electron chi connectivity index (χ4n) is 4.19. The average Bonchev–Trinajstić information content (AvgIpc) is 2.74. The Kier molecular flexibility index (Phi) is 29.6. The molecule has 0 atom stereocenters. The Morgan fingerprint density at radius 3 is 0.724 bits per heavy atom. The standard InChI is InChI=1S/C28H58Te/c1-3-5-7-9-11-13-15-17-19-21-23-25-27-29-28-26-24-22-20-18-16-14-12-10-8-6-4-2/h3-28H2,1-2H3. The van der Waals surface area contributed by atoms with E-state index in [1.54, 1.807) is 21.8 Å². The van der Waals surface area contributed by atoms with E-state index in [0.717, 1.165) is 0 Å². The van der Waals surface area contributed by atoms with Gasteiger partial charge in [0, 0.05) is 0 Å². The van der Waals surface area contributed by atoms with Crippen LogP contribution < -0.4 is 0 Å². The Morgan fingerprint density at radius 2 is 0.483 bits per heavy atom. The van der Waals surface area contributed by atoms with Gasteiger partial charge in [0.05, 0.1) is 0 Å². The van der Waals surface area contributed by atoms with E-state index in [2.05, 4.69) is 13.8 Å². The number of hydrogen-bond acceptors (Lipinski definition) is 0. The molecule has 0 aromatic carbocycles. The molecule has 0 aliphatic rings. The fourth-order valence-corrected chi connectivity index (χ4v) is 7.11. The van der Waals surface area contributed by atoms with E-state index in [9.17, 15) is 0 Å². The van der Waals surface area contributed by atoms with Gasteiger partial charge in [-0.15, -0.1) is 0 Å². The van der Waals surface area contributed by atoms with Gasteiger partial charge < -0.3 is 0 Å². The summed E-state index contributed by atoms with van der Waals surface area (Å²) in [5.41, 5.74) is 0. The van der Waals surface area contributed by atoms with Gasteiger partial charge in [-0.25, -0.2) is 0 Å². The van der Waals surface area contributed by atoms with E-state index >= 15 is 0 Å². The van der Waals surface area contributed by atoms with Crippen LogP contribution >= 0.6 is 0 Å². The summed E-state index contributed by atoms with van der Waals surface area (Å²) < 4.78 is 3.25. The minimum absolute atomic E-state index is 0.372. The molecule has 0 saturated heterocycles. The zero-order chi connectivity index (χ0) is 21.1. The normalized spacial score (nSPS) is 11.4. The molecule has 29 heavy (non-hydrogen) atoms. The number of unbranched alkanes of at least 4 members (excludes halogenated alkanes) is 22. The second-order valence-corrected chi connectivity index (χ2v) is 12.9. The van der Waals surface area contributed by atoms with Crippen LogP contribution in [0.15, 0.2) is 0 Å². The van der Waals surface area contributed by atoms with Crippen LogP contribution in [0, 0.1) is 0 Å². The van der Waals surface area contributed by atoms with Crippen LogP contribution in [0.4, 0.5) is 0 Å². The monoisotopic (exact) mass is 524 g/mol. The van der Waals surface area contributed by atoms with Crippen LogP contribution in [0.2, 0.25) is 8.94 Å². The minimum atomic E-state index is 0.372. The molecule has 0 fully saturated rings. The molecular formula is C28H58Te. The van der Waals surface area contributed by atoms with Gasteiger partial charge in [-0.3, -0.25) is 0 Å². The summed E-state index contributed by atoms with van der Waals surface area (Å²) >= 11 is 0.372. The fraction of sp³-hybridized carbons (Fsp3) is 1.00. The molecule has 0 bridgehead atoms. The molecule has 0 amide bonds. The Labute approximate surface area is 197 Å². The first kappa shape index (κ1) is 29.8. The minimum Gasteiger partial charge on any atom is -0.0654 e. The van der Waals surface area contributed by atoms with Gasteiger partial charge in [-0.2, -0.15) is 0 Å². The van der Waals surface area contributed by atoms with Crippen LogP contribution in [-0.4, -0.2) is 20.9 Å². The zero-order valence-corrected chi connectivity index (χ0v) is 23.1. The smallest absolute Gasteiger partial charge is 0.0654 e. The molecule has 1 heteroatoms. The van der Waals surface area contributed by atoms with Gasteiger partial charge in [-0.1, -0.05) is 26.7 Å². The van der Waals surface area contributed by atoms with Crippen molar-refractivity contribution in [1.82, 2.24) is 0 Å². The van der Waals surface area contributed by atoms with Crippen molar-refractivity contribution < 1.29 is 0 Å². The van der Waals surface area contributed by atoms with Gasteiger partial charge in [0.15, 0.2) is 0 Å². The van der Waals surface area contributed by atoms with E-state index in [-0.39, 0.29) is 0 Å². The molecule has 0 aromatic heterocycles. The van der Waals surface area contributed by atoms with Gasteiger partial charge in [0.2, 0.25) is 0 Å². The molecule has 0 saturated carbocycles. The zero-order valence-electron chi connectivity index (χ0n) is 20.8. The topological polar surface area (TPSA) is 0 Å². The van der Waals surface area contributed by atoms with Crippen LogP contribution in [0.3, 0.4) is 0 Å². The van der Waals surface area contributed by atoms with E-state index in [4.69, 9.17) is 0 Å². The first-order chi connectivity index (χ1) is 14.4. The molecule has 0 unspecified atom stereocenters. The summed E-state index contributed by atoms with van der Waals surface area (Å²) in [5.74, 6) is 0. The Morgan fingerprint density at radius 1 is 0.276 bits per heavy atom. The first-order valence-corrected chi connectivity index (χ1v) is 17.3. The summed E-state index contributed by atoms with van der Waals surface area (Å²) in [6.45, 7) is 4.61. The maximum atomic E-state index is 2.31. The third-order valence-electron chi connectivity index (χ3n) is 6.28. The molecule has 0 rings (SSSR count). The number of rotatable bonds is 26. The van der Waals surface area contributed by atoms with Crippen molar-refractivity contribution in [1.29, 1.82) is 0 Å². The van der Waals surface area contributed by atoms with Crippen molar-refractivity contribution in [2.24, 2.45) is 0 Å². The third-order valence-corrected chi connectivity index (χ3v) is 9.58. The summed E-state index contributed by atoms with van der Waals surface area (Å²) in [4.78, 5) is 0. The van der Waals surface area contributed by atoms with E-state index in [1.807, 2.05) is 0 Å². The van der Waals surface area contributed by atoms with Gasteiger partial charge in [-0.05, 0) is 0 Å². The maximum absolute atomic E-state index is 2.31. The molecule has 0 aliphatic heterocycles. The van der Waals surface area contributed by atoms with Crippen molar-refractivity contribution in [2.45, 2.75) is 177 Å². The van der Waals surface area contributed by atoms with Crippen LogP contribution in [0.25, 0.3) is 0 Å². The molecule has 0 nitrogen and oxygen atoms in total. The summed E-state index contributed by atoms with van der Waals surface area (Å²) in [7, 11) is 0. The Bertz CT molecular complexity index is 237. The molecule has 0 N–H and O–H groups in total. The van der Waals surface area contributed by atoms with Crippen molar-refractivity contribution in [2.75, 3.05) is 0 Å². The first-order valence-electron chi connectivity index (χ1n) is 14.0. The summed E-state index contributed by atoms with van der Waals surface area (Å²) in [6.07, 6.45) is 35.7. The molecule has 0 aliphatic carbocycles. The summed E-state index contributed by atoms with van der Waals surface area (Å²) in [5, 5.41) is 0. The van der Waals surface area contributed by atoms with Crippen molar-refractivity contribution in [3.8, 4) is 0 Å². The Balaban J connectivity index is 2.97. The van der Waals surface area contributed by atoms with Crippen LogP contribution in [-0.2, 0) is 0 Å². The van der Waals surface area contributed by atoms with Gasteiger partial charge >= 0.3 is 171 Å². The summed E-state index contributed by atoms with van der Waals surface area (Å²) in [6, 6.07) is 0. The predicted octanol–water partition coefficient (Wildman–Crippen LogP) is 10.9. The molecule has 0 aromatic rings. The van der Waals surface area contributed by atoms with Crippen molar-refractivity contribution in [3.63, 3.8) is 0 Å². The SMILES string of the molecule is CCCCCCCCCCCCCC[Te]CCCCCCCCCCCCCC. The average molecular weight is 522 g/mol. The Hall–Kier alpha value is 0.790. The van der Waals surface area contributed by atoms with Crippen molar-refractivity contribution >= 4 is 20.9 Å². The quantitative estimate of drug-likeness (QED) is 0.0783. The van der Waals surface area contributed by atoms with E-state index in [1.165, 1.54) is 141 Å². The van der Waals surface area contributed by atoms with Crippen LogP contribution in [0.1, 0.15) is 168 Å². The van der Waals surface area contributed by atoms with Gasteiger partial charge in [0.1, 0.15) is 0 Å². The van der Waals surface area contributed by atoms with E-state index in [0.29, 0.717) is 20.9 Å². The molecule has 0 heterocycles. The molecule has 0 radical (unpaired) electrons. The van der Waals surface area contributed by atoms with Crippen molar-refractivity contribution in [3.05, 3.63) is 0 Å². The third kappa shape index (κ3) is 28.8. The second kappa shape index (κ2) is 28.8.